The summed E-state index contributed by atoms with van der Waals surface area (Å²) >= 11 is 1.68. The fourth-order valence-corrected chi connectivity index (χ4v) is 4.07. The van der Waals surface area contributed by atoms with Gasteiger partial charge in [0, 0.05) is 28.1 Å². The molecular weight excluding hydrogens is 369 g/mol. The van der Waals surface area contributed by atoms with Crippen LogP contribution in [0.3, 0.4) is 0 Å². The Bertz CT molecular complexity index is 921. The summed E-state index contributed by atoms with van der Waals surface area (Å²) in [5.74, 6) is -0.280. The Morgan fingerprint density at radius 2 is 2.07 bits per heavy atom. The first-order chi connectivity index (χ1) is 13.1. The van der Waals surface area contributed by atoms with Gasteiger partial charge in [0.05, 0.1) is 24.5 Å². The molecule has 1 aliphatic carbocycles. The summed E-state index contributed by atoms with van der Waals surface area (Å²) in [6.07, 6.45) is 5.78. The number of nitrogens with one attached hydrogen (secondary N) is 1. The summed E-state index contributed by atoms with van der Waals surface area (Å²) in [7, 11) is 0. The van der Waals surface area contributed by atoms with Crippen LogP contribution in [0.5, 0.6) is 0 Å². The summed E-state index contributed by atoms with van der Waals surface area (Å²) in [6, 6.07) is 4.72. The molecule has 5 rings (SSSR count). The van der Waals surface area contributed by atoms with Crippen LogP contribution in [0.15, 0.2) is 40.4 Å². The highest BCUT2D eigenvalue weighted by atomic mass is 32.2. The van der Waals surface area contributed by atoms with Gasteiger partial charge in [-0.05, 0) is 31.0 Å². The molecule has 3 heterocycles. The third-order valence-corrected chi connectivity index (χ3v) is 6.20. The molecular formula is C19H18FN3O3S. The molecule has 2 fully saturated rings. The van der Waals surface area contributed by atoms with E-state index in [1.807, 2.05) is 12.4 Å². The molecule has 2 aromatic rings. The van der Waals surface area contributed by atoms with E-state index in [1.54, 1.807) is 28.5 Å². The van der Waals surface area contributed by atoms with Gasteiger partial charge in [-0.25, -0.2) is 9.18 Å². The van der Waals surface area contributed by atoms with E-state index in [2.05, 4.69) is 5.32 Å². The van der Waals surface area contributed by atoms with E-state index in [1.165, 1.54) is 11.0 Å². The Morgan fingerprint density at radius 1 is 1.30 bits per heavy atom. The van der Waals surface area contributed by atoms with Gasteiger partial charge in [0.2, 0.25) is 5.91 Å². The third kappa shape index (κ3) is 3.07. The number of anilines is 1. The monoisotopic (exact) mass is 387 g/mol. The van der Waals surface area contributed by atoms with E-state index in [9.17, 15) is 14.0 Å². The lowest BCUT2D eigenvalue weighted by molar-refractivity contribution is -0.127. The third-order valence-electron chi connectivity index (χ3n) is 5.31. The Hall–Kier alpha value is -2.48. The van der Waals surface area contributed by atoms with Gasteiger partial charge in [-0.2, -0.15) is 0 Å². The summed E-state index contributed by atoms with van der Waals surface area (Å²) in [5, 5.41) is 2.85. The van der Waals surface area contributed by atoms with Crippen LogP contribution in [0.2, 0.25) is 0 Å². The van der Waals surface area contributed by atoms with Gasteiger partial charge < -0.3 is 14.6 Å². The molecule has 140 valence electrons. The highest BCUT2D eigenvalue weighted by molar-refractivity contribution is 8.05. The Balaban J connectivity index is 1.25. The normalized spacial score (nSPS) is 20.9. The van der Waals surface area contributed by atoms with Crippen molar-refractivity contribution in [3.63, 3.8) is 0 Å². The molecule has 1 aromatic carbocycles. The highest BCUT2D eigenvalue weighted by Gasteiger charge is 2.34. The topological polar surface area (TPSA) is 63.6 Å². The van der Waals surface area contributed by atoms with Gasteiger partial charge in [-0.15, -0.1) is 0 Å². The second-order valence-electron chi connectivity index (χ2n) is 7.12. The molecule has 1 saturated carbocycles. The van der Waals surface area contributed by atoms with E-state index < -0.39 is 18.0 Å². The fraction of sp³-hybridized carbons (Fsp3) is 0.368. The number of amides is 2. The standard InChI is InChI=1S/C19H18FN3O3S/c20-14-6-12(4-5-15(14)22-9-16-17(10-22)27-16)23-8-13(26-19(23)25)7-21-18(24)11-2-1-3-11/h4-6,9-11,13H,1-3,7-8H2,(H,21,24). The van der Waals surface area contributed by atoms with Crippen LogP contribution in [-0.4, -0.2) is 35.8 Å². The Kier molecular flexibility index (Phi) is 3.89. The smallest absolute Gasteiger partial charge is 0.414 e. The maximum absolute atomic E-state index is 14.6. The SMILES string of the molecule is O=C(NCC1CN(c2ccc(-n3cc4c(c3)S4)c(F)c2)C(=O)O1)C1CCC1. The molecule has 1 aromatic heterocycles. The van der Waals surface area contributed by atoms with E-state index in [4.69, 9.17) is 4.74 Å². The molecule has 1 atom stereocenters. The van der Waals surface area contributed by atoms with Crippen molar-refractivity contribution in [2.75, 3.05) is 18.0 Å². The van der Waals surface area contributed by atoms with Crippen LogP contribution in [0, 0.1) is 11.7 Å². The first-order valence-electron chi connectivity index (χ1n) is 9.04. The minimum absolute atomic E-state index is 0.0243. The highest BCUT2D eigenvalue weighted by Crippen LogP contribution is 2.49. The molecule has 0 spiro atoms. The number of rotatable bonds is 5. The molecule has 1 unspecified atom stereocenters. The van der Waals surface area contributed by atoms with Gasteiger partial charge in [0.1, 0.15) is 11.9 Å². The predicted octanol–water partition coefficient (Wildman–Crippen LogP) is 3.32. The fourth-order valence-electron chi connectivity index (χ4n) is 3.44. The second-order valence-corrected chi connectivity index (χ2v) is 8.20. The van der Waals surface area contributed by atoms with Crippen molar-refractivity contribution in [3.8, 4) is 5.69 Å². The van der Waals surface area contributed by atoms with Gasteiger partial charge in [-0.3, -0.25) is 9.69 Å². The number of aromatic nitrogens is 1. The lowest BCUT2D eigenvalue weighted by Gasteiger charge is -2.24. The van der Waals surface area contributed by atoms with E-state index >= 15 is 0 Å². The minimum Gasteiger partial charge on any atom is -0.442 e. The van der Waals surface area contributed by atoms with Crippen molar-refractivity contribution >= 4 is 29.4 Å². The zero-order chi connectivity index (χ0) is 18.5. The van der Waals surface area contributed by atoms with Crippen molar-refractivity contribution in [2.45, 2.75) is 35.2 Å². The van der Waals surface area contributed by atoms with Crippen LogP contribution < -0.4 is 10.2 Å². The largest absolute Gasteiger partial charge is 0.442 e. The lowest BCUT2D eigenvalue weighted by Crippen LogP contribution is -2.39. The molecule has 2 amide bonds. The quantitative estimate of drug-likeness (QED) is 0.682. The van der Waals surface area contributed by atoms with Gasteiger partial charge in [0.25, 0.3) is 0 Å². The van der Waals surface area contributed by atoms with Gasteiger partial charge in [0.15, 0.2) is 0 Å². The number of halogens is 1. The second kappa shape index (κ2) is 6.30. The lowest BCUT2D eigenvalue weighted by atomic mass is 9.85. The number of ether oxygens (including phenoxy) is 1. The zero-order valence-electron chi connectivity index (χ0n) is 14.5. The van der Waals surface area contributed by atoms with Crippen molar-refractivity contribution in [1.29, 1.82) is 0 Å². The molecule has 1 saturated heterocycles. The van der Waals surface area contributed by atoms with Crippen LogP contribution in [0.25, 0.3) is 5.69 Å². The predicted molar refractivity (Wildman–Crippen MR) is 97.8 cm³/mol. The molecule has 27 heavy (non-hydrogen) atoms. The van der Waals surface area contributed by atoms with Crippen molar-refractivity contribution < 1.29 is 18.7 Å². The average Bonchev–Trinajstić information content (AvgIpc) is 3.03. The summed E-state index contributed by atoms with van der Waals surface area (Å²) < 4.78 is 21.6. The number of hydrogen-bond acceptors (Lipinski definition) is 4. The van der Waals surface area contributed by atoms with Crippen LogP contribution in [-0.2, 0) is 9.53 Å². The molecule has 6 nitrogen and oxygen atoms in total. The van der Waals surface area contributed by atoms with Crippen LogP contribution in [0.4, 0.5) is 14.9 Å². The molecule has 1 N–H and O–H groups in total. The maximum Gasteiger partial charge on any atom is 0.414 e. The van der Waals surface area contributed by atoms with Crippen molar-refractivity contribution in [2.24, 2.45) is 5.92 Å². The minimum atomic E-state index is -0.520. The number of carbonyl (C=O) groups is 2. The number of hydrogen-bond donors (Lipinski definition) is 1. The molecule has 0 radical (unpaired) electrons. The van der Waals surface area contributed by atoms with Crippen molar-refractivity contribution in [3.05, 3.63) is 36.4 Å². The molecule has 8 heteroatoms. The Morgan fingerprint density at radius 3 is 2.74 bits per heavy atom. The van der Waals surface area contributed by atoms with Crippen LogP contribution >= 0.6 is 11.8 Å². The number of nitrogens with zero attached hydrogens (tertiary/aromatic N) is 2. The van der Waals surface area contributed by atoms with E-state index in [0.29, 0.717) is 11.4 Å². The molecule has 0 bridgehead atoms. The number of cyclic esters (lactones) is 1. The van der Waals surface area contributed by atoms with Crippen molar-refractivity contribution in [1.82, 2.24) is 9.88 Å². The molecule has 3 aliphatic rings. The summed E-state index contributed by atoms with van der Waals surface area (Å²) in [5.41, 5.74) is 0.900. The van der Waals surface area contributed by atoms with Gasteiger partial charge >= 0.3 is 6.09 Å². The van der Waals surface area contributed by atoms with E-state index in [0.717, 1.165) is 29.1 Å². The molecule has 2 aliphatic heterocycles. The maximum atomic E-state index is 14.6. The first kappa shape index (κ1) is 16.7. The average molecular weight is 387 g/mol. The van der Waals surface area contributed by atoms with Crippen LogP contribution in [0.1, 0.15) is 19.3 Å². The van der Waals surface area contributed by atoms with E-state index in [-0.39, 0.29) is 24.9 Å². The summed E-state index contributed by atoms with van der Waals surface area (Å²) in [6.45, 7) is 0.571. The summed E-state index contributed by atoms with van der Waals surface area (Å²) in [4.78, 5) is 27.8. The first-order valence-corrected chi connectivity index (χ1v) is 9.86. The van der Waals surface area contributed by atoms with Gasteiger partial charge in [-0.1, -0.05) is 18.2 Å². The number of fused-ring (bicyclic) bond motifs is 1. The Labute approximate surface area is 159 Å². The number of benzene rings is 1. The number of carbonyl (C=O) groups excluding carboxylic acids is 2. The zero-order valence-corrected chi connectivity index (χ0v) is 15.3.